The van der Waals surface area contributed by atoms with Crippen molar-refractivity contribution < 1.29 is 9.18 Å². The van der Waals surface area contributed by atoms with Gasteiger partial charge >= 0.3 is 0 Å². The van der Waals surface area contributed by atoms with Crippen LogP contribution in [0.2, 0.25) is 0 Å². The molecule has 1 amide bonds. The summed E-state index contributed by atoms with van der Waals surface area (Å²) in [5.41, 5.74) is 6.00. The Hall–Kier alpha value is -1.23. The zero-order valence-corrected chi connectivity index (χ0v) is 12.1. The van der Waals surface area contributed by atoms with Crippen LogP contribution in [0.4, 0.5) is 10.1 Å². The highest BCUT2D eigenvalue weighted by atomic mass is 32.2. The van der Waals surface area contributed by atoms with Crippen LogP contribution in [0.15, 0.2) is 18.2 Å². The van der Waals surface area contributed by atoms with E-state index in [2.05, 4.69) is 13.8 Å². The Bertz CT molecular complexity index is 490. The highest BCUT2D eigenvalue weighted by Crippen LogP contribution is 2.31. The molecule has 2 N–H and O–H groups in total. The predicted molar refractivity (Wildman–Crippen MR) is 77.9 cm³/mol. The molecule has 1 fully saturated rings. The Balaban J connectivity index is 2.13. The van der Waals surface area contributed by atoms with Gasteiger partial charge in [-0.3, -0.25) is 4.79 Å². The number of amides is 1. The van der Waals surface area contributed by atoms with Crippen LogP contribution in [-0.2, 0) is 0 Å². The summed E-state index contributed by atoms with van der Waals surface area (Å²) in [5.74, 6) is 0.379. The molecule has 0 unspecified atom stereocenters. The van der Waals surface area contributed by atoms with Crippen molar-refractivity contribution in [2.24, 2.45) is 0 Å². The maximum atomic E-state index is 13.1. The lowest BCUT2D eigenvalue weighted by Crippen LogP contribution is -2.33. The van der Waals surface area contributed by atoms with Crippen molar-refractivity contribution >= 4 is 23.4 Å². The topological polar surface area (TPSA) is 46.3 Å². The number of halogens is 1. The van der Waals surface area contributed by atoms with Crippen molar-refractivity contribution in [2.45, 2.75) is 25.0 Å². The Labute approximate surface area is 117 Å². The molecule has 1 aromatic carbocycles. The minimum Gasteiger partial charge on any atom is -0.396 e. The van der Waals surface area contributed by atoms with E-state index in [-0.39, 0.29) is 16.3 Å². The first kappa shape index (κ1) is 14.2. The fourth-order valence-corrected chi connectivity index (χ4v) is 3.18. The Morgan fingerprint density at radius 2 is 2.16 bits per heavy atom. The van der Waals surface area contributed by atoms with Gasteiger partial charge in [-0.25, -0.2) is 4.39 Å². The number of hydrogen-bond acceptors (Lipinski definition) is 3. The summed E-state index contributed by atoms with van der Waals surface area (Å²) in [5, 5.41) is 0. The number of anilines is 1. The molecule has 0 spiro atoms. The van der Waals surface area contributed by atoms with E-state index in [1.54, 1.807) is 0 Å². The molecule has 104 valence electrons. The van der Waals surface area contributed by atoms with Crippen LogP contribution < -0.4 is 5.73 Å². The van der Waals surface area contributed by atoms with Gasteiger partial charge in [-0.05, 0) is 24.6 Å². The van der Waals surface area contributed by atoms with Crippen LogP contribution in [0.1, 0.15) is 30.6 Å². The van der Waals surface area contributed by atoms with E-state index in [0.717, 1.165) is 25.3 Å². The predicted octanol–water partition coefficient (Wildman–Crippen LogP) is 2.77. The minimum absolute atomic E-state index is 0.0235. The summed E-state index contributed by atoms with van der Waals surface area (Å²) in [6.45, 7) is 5.85. The van der Waals surface area contributed by atoms with Gasteiger partial charge < -0.3 is 10.6 Å². The first-order valence-corrected chi connectivity index (χ1v) is 7.36. The van der Waals surface area contributed by atoms with E-state index in [9.17, 15) is 9.18 Å². The molecule has 2 rings (SSSR count). The minimum atomic E-state index is -0.482. The molecular weight excluding hydrogens is 263 g/mol. The summed E-state index contributed by atoms with van der Waals surface area (Å²) in [6.07, 6.45) is 0.958. The van der Waals surface area contributed by atoms with Crippen LogP contribution >= 0.6 is 11.8 Å². The first-order valence-electron chi connectivity index (χ1n) is 6.37. The molecule has 5 heteroatoms. The molecule has 0 radical (unpaired) electrons. The molecule has 0 atom stereocenters. The van der Waals surface area contributed by atoms with Crippen molar-refractivity contribution in [3.63, 3.8) is 0 Å². The molecule has 1 aliphatic rings. The number of nitrogens with two attached hydrogens (primary N) is 1. The average molecular weight is 282 g/mol. The van der Waals surface area contributed by atoms with Crippen LogP contribution in [0.5, 0.6) is 0 Å². The quantitative estimate of drug-likeness (QED) is 0.806. The van der Waals surface area contributed by atoms with Gasteiger partial charge in [0.25, 0.3) is 5.91 Å². The van der Waals surface area contributed by atoms with Gasteiger partial charge in [0.05, 0.1) is 5.69 Å². The number of carbonyl (C=O) groups is 1. The summed E-state index contributed by atoms with van der Waals surface area (Å²) in [7, 11) is 0. The van der Waals surface area contributed by atoms with E-state index in [4.69, 9.17) is 5.73 Å². The second-order valence-electron chi connectivity index (χ2n) is 5.39. The number of rotatable bonds is 1. The lowest BCUT2D eigenvalue weighted by molar-refractivity contribution is 0.0764. The Kier molecular flexibility index (Phi) is 4.04. The fourth-order valence-electron chi connectivity index (χ4n) is 2.08. The third kappa shape index (κ3) is 3.41. The number of thioether (sulfide) groups is 1. The molecule has 0 bridgehead atoms. The number of nitrogen functional groups attached to an aromatic ring is 1. The SMILES string of the molecule is CC1(C)CCN(C(=O)c2ccc(F)c(N)c2)CCS1. The highest BCUT2D eigenvalue weighted by molar-refractivity contribution is 8.00. The van der Waals surface area contributed by atoms with Crippen LogP contribution in [0.3, 0.4) is 0 Å². The average Bonchev–Trinajstić information content (AvgIpc) is 2.53. The van der Waals surface area contributed by atoms with E-state index >= 15 is 0 Å². The summed E-state index contributed by atoms with van der Waals surface area (Å²) < 4.78 is 13.3. The fraction of sp³-hybridized carbons (Fsp3) is 0.500. The molecule has 19 heavy (non-hydrogen) atoms. The first-order chi connectivity index (χ1) is 8.89. The monoisotopic (exact) mass is 282 g/mol. The van der Waals surface area contributed by atoms with E-state index in [0.29, 0.717) is 5.56 Å². The molecule has 0 aromatic heterocycles. The standard InChI is InChI=1S/C14H19FN2OS/c1-14(2)5-6-17(7-8-19-14)13(18)10-3-4-11(15)12(16)9-10/h3-4,9H,5-8,16H2,1-2H3. The summed E-state index contributed by atoms with van der Waals surface area (Å²) >= 11 is 1.88. The molecule has 0 saturated carbocycles. The normalized spacial score (nSPS) is 19.0. The second kappa shape index (κ2) is 5.41. The van der Waals surface area contributed by atoms with Crippen molar-refractivity contribution in [1.82, 2.24) is 4.90 Å². The van der Waals surface area contributed by atoms with Crippen molar-refractivity contribution in [2.75, 3.05) is 24.6 Å². The van der Waals surface area contributed by atoms with Crippen molar-refractivity contribution in [1.29, 1.82) is 0 Å². The van der Waals surface area contributed by atoms with Gasteiger partial charge in [0.1, 0.15) is 5.82 Å². The number of nitrogens with zero attached hydrogens (tertiary/aromatic N) is 1. The van der Waals surface area contributed by atoms with Crippen molar-refractivity contribution in [3.05, 3.63) is 29.6 Å². The lowest BCUT2D eigenvalue weighted by Gasteiger charge is -2.22. The van der Waals surface area contributed by atoms with E-state index in [1.165, 1.54) is 18.2 Å². The van der Waals surface area contributed by atoms with Crippen molar-refractivity contribution in [3.8, 4) is 0 Å². The molecule has 0 aliphatic carbocycles. The lowest BCUT2D eigenvalue weighted by atomic mass is 10.1. The van der Waals surface area contributed by atoms with Gasteiger partial charge in [-0.2, -0.15) is 11.8 Å². The van der Waals surface area contributed by atoms with E-state index < -0.39 is 5.82 Å². The Morgan fingerprint density at radius 3 is 2.84 bits per heavy atom. The van der Waals surface area contributed by atoms with Gasteiger partial charge in [0.15, 0.2) is 0 Å². The van der Waals surface area contributed by atoms with Crippen LogP contribution in [0, 0.1) is 5.82 Å². The third-order valence-corrected chi connectivity index (χ3v) is 4.74. The zero-order chi connectivity index (χ0) is 14.0. The molecule has 1 aromatic rings. The molecule has 1 saturated heterocycles. The number of benzene rings is 1. The van der Waals surface area contributed by atoms with Gasteiger partial charge in [-0.15, -0.1) is 0 Å². The van der Waals surface area contributed by atoms with Crippen LogP contribution in [-0.4, -0.2) is 34.4 Å². The van der Waals surface area contributed by atoms with Gasteiger partial charge in [-0.1, -0.05) is 13.8 Å². The number of hydrogen-bond donors (Lipinski definition) is 1. The molecular formula is C14H19FN2OS. The summed E-state index contributed by atoms with van der Waals surface area (Å²) in [4.78, 5) is 14.2. The Morgan fingerprint density at radius 1 is 1.42 bits per heavy atom. The highest BCUT2D eigenvalue weighted by Gasteiger charge is 2.26. The third-order valence-electron chi connectivity index (χ3n) is 3.37. The van der Waals surface area contributed by atoms with Crippen LogP contribution in [0.25, 0.3) is 0 Å². The maximum Gasteiger partial charge on any atom is 0.253 e. The molecule has 1 heterocycles. The molecule has 3 nitrogen and oxygen atoms in total. The van der Waals surface area contributed by atoms with Gasteiger partial charge in [0.2, 0.25) is 0 Å². The smallest absolute Gasteiger partial charge is 0.253 e. The maximum absolute atomic E-state index is 13.1. The summed E-state index contributed by atoms with van der Waals surface area (Å²) in [6, 6.07) is 4.16. The molecule has 1 aliphatic heterocycles. The number of carbonyl (C=O) groups excluding carboxylic acids is 1. The largest absolute Gasteiger partial charge is 0.396 e. The van der Waals surface area contributed by atoms with E-state index in [1.807, 2.05) is 16.7 Å². The second-order valence-corrected chi connectivity index (χ2v) is 7.19. The van der Waals surface area contributed by atoms with Gasteiger partial charge in [0, 0.05) is 29.2 Å². The zero-order valence-electron chi connectivity index (χ0n) is 11.3.